The Morgan fingerprint density at radius 1 is 0.295 bits per heavy atom. The van der Waals surface area contributed by atoms with Crippen LogP contribution in [0.4, 0.5) is 0 Å². The van der Waals surface area contributed by atoms with Crippen LogP contribution in [0.2, 0.25) is 0 Å². The highest BCUT2D eigenvalue weighted by Gasteiger charge is 2.35. The Morgan fingerprint density at radius 2 is 0.625 bits per heavy atom. The predicted octanol–water partition coefficient (Wildman–Crippen LogP) is 21.1. The minimum absolute atomic E-state index is 0.00637. The lowest BCUT2D eigenvalue weighted by Gasteiger charge is -2.27. The molecule has 4 heterocycles. The second kappa shape index (κ2) is 18.8. The molecule has 0 atom stereocenters. The van der Waals surface area contributed by atoms with E-state index in [0.717, 1.165) is 111 Å². The van der Waals surface area contributed by atoms with Crippen LogP contribution < -0.4 is 0 Å². The highest BCUT2D eigenvalue weighted by Crippen LogP contribution is 2.50. The molecule has 0 amide bonds. The molecule has 88 heavy (non-hydrogen) atoms. The maximum atomic E-state index is 12.3. The van der Waals surface area contributed by atoms with Crippen LogP contribution in [0.15, 0.2) is 231 Å². The molecule has 17 rings (SSSR count). The zero-order valence-electron chi connectivity index (χ0n) is 50.0. The fourth-order valence-corrected chi connectivity index (χ4v) is 15.0. The first-order valence-corrected chi connectivity index (χ1v) is 30.7. The summed E-state index contributed by atoms with van der Waals surface area (Å²) in [7, 11) is 0. The van der Waals surface area contributed by atoms with Crippen LogP contribution in [0.3, 0.4) is 0 Å². The van der Waals surface area contributed by atoms with Crippen LogP contribution in [0.25, 0.3) is 142 Å². The maximum absolute atomic E-state index is 12.3. The second-order valence-corrected chi connectivity index (χ2v) is 26.2. The Kier molecular flexibility index (Phi) is 11.0. The number of hydrogen-bond acceptors (Lipinski definition) is 2. The Bertz CT molecular complexity index is 5760. The Labute approximate surface area is 509 Å². The SMILES string of the molecule is CC(C)(C)c1cc2ccc3cc(C(C)(C)C)cc4c(CCc5ccc6c(c5)c5ccccc5n6-c5c(-n6c7ccccc7c7ccccc76)c(C#N)c(C#N)c(-n6c7ccccc7c7ccccc76)c5-n5c6ccccc6c6ccccc65)cc(c1)c2c34. The monoisotopic (exact) mass is 1130 g/mol. The number of hydrogen-bond donors (Lipinski definition) is 0. The molecule has 0 N–H and O–H groups in total. The van der Waals surface area contributed by atoms with E-state index in [2.05, 4.69) is 302 Å². The molecular formula is C82H60N6. The Balaban J connectivity index is 1.00. The quantitative estimate of drug-likeness (QED) is 0.149. The summed E-state index contributed by atoms with van der Waals surface area (Å²) in [4.78, 5) is 0. The topological polar surface area (TPSA) is 67.3 Å². The Morgan fingerprint density at radius 3 is 1.01 bits per heavy atom. The van der Waals surface area contributed by atoms with Gasteiger partial charge in [0.25, 0.3) is 0 Å². The zero-order valence-corrected chi connectivity index (χ0v) is 50.0. The van der Waals surface area contributed by atoms with E-state index in [9.17, 15) is 10.5 Å². The molecule has 0 aliphatic heterocycles. The van der Waals surface area contributed by atoms with Crippen molar-refractivity contribution in [1.29, 1.82) is 10.5 Å². The van der Waals surface area contributed by atoms with Gasteiger partial charge in [0.15, 0.2) is 0 Å². The predicted molar refractivity (Wildman–Crippen MR) is 368 cm³/mol. The second-order valence-electron chi connectivity index (χ2n) is 26.2. The molecule has 6 nitrogen and oxygen atoms in total. The van der Waals surface area contributed by atoms with Crippen molar-refractivity contribution < 1.29 is 0 Å². The van der Waals surface area contributed by atoms with Gasteiger partial charge in [-0.25, -0.2) is 0 Å². The maximum Gasteiger partial charge on any atom is 0.103 e. The average Bonchev–Trinajstić information content (AvgIpc) is 1.47. The Hall–Kier alpha value is -10.9. The number of fused-ring (bicyclic) bond motifs is 12. The molecule has 0 saturated heterocycles. The van der Waals surface area contributed by atoms with E-state index in [1.807, 2.05) is 0 Å². The van der Waals surface area contributed by atoms with Gasteiger partial charge in [-0.05, 0) is 133 Å². The van der Waals surface area contributed by atoms with E-state index >= 15 is 0 Å². The largest absolute Gasteiger partial charge is 0.306 e. The summed E-state index contributed by atoms with van der Waals surface area (Å²) in [5.41, 5.74) is 16.3. The summed E-state index contributed by atoms with van der Waals surface area (Å²) >= 11 is 0. The number of aromatic nitrogens is 4. The van der Waals surface area contributed by atoms with Gasteiger partial charge in [-0.1, -0.05) is 217 Å². The first-order chi connectivity index (χ1) is 42.9. The number of aryl methyl sites for hydroxylation is 2. The smallest absolute Gasteiger partial charge is 0.103 e. The van der Waals surface area contributed by atoms with E-state index in [1.165, 1.54) is 54.6 Å². The molecule has 6 heteroatoms. The van der Waals surface area contributed by atoms with Gasteiger partial charge in [-0.2, -0.15) is 10.5 Å². The third-order valence-corrected chi connectivity index (χ3v) is 19.1. The van der Waals surface area contributed by atoms with Gasteiger partial charge in [0.2, 0.25) is 0 Å². The number of rotatable bonds is 7. The van der Waals surface area contributed by atoms with Gasteiger partial charge in [-0.3, -0.25) is 0 Å². The fraction of sp³-hybridized carbons (Fsp3) is 0.122. The standard InChI is InChI=1S/C82H60N6/c1-81(2,3)54-43-51-38-39-52-44-55(82(4,5)6)46-63-50(42-53(45-54)75(51)76(52)63)37-35-49-36-40-74-64(41-49)62-27-13-20-34-73(62)88(74)80-78(86-69-30-16-9-23-58(69)59-24-10-17-31-70(59)86)66(48-84)65(47-83)77(85-67-28-14-7-21-56(67)57-22-8-15-29-68(57)85)79(80)87-71-32-18-11-25-60(71)61-26-12-19-33-72(61)87/h7-34,36,38-46H,35,37H2,1-6H3. The van der Waals surface area contributed by atoms with Crippen molar-refractivity contribution >= 4 is 120 Å². The van der Waals surface area contributed by atoms with Crippen LogP contribution in [0.1, 0.15) is 74.9 Å². The highest BCUT2D eigenvalue weighted by molar-refractivity contribution is 6.24. The molecule has 418 valence electrons. The van der Waals surface area contributed by atoms with Gasteiger partial charge in [0, 0.05) is 43.1 Å². The van der Waals surface area contributed by atoms with E-state index in [0.29, 0.717) is 11.4 Å². The van der Waals surface area contributed by atoms with E-state index in [-0.39, 0.29) is 22.0 Å². The summed E-state index contributed by atoms with van der Waals surface area (Å²) in [6.07, 6.45) is 1.67. The molecule has 0 saturated carbocycles. The number of para-hydroxylation sites is 7. The van der Waals surface area contributed by atoms with Crippen molar-refractivity contribution in [1.82, 2.24) is 18.3 Å². The van der Waals surface area contributed by atoms with E-state index < -0.39 is 0 Å². The third kappa shape index (κ3) is 7.33. The van der Waals surface area contributed by atoms with Crippen molar-refractivity contribution in [2.45, 2.75) is 65.2 Å². The summed E-state index contributed by atoms with van der Waals surface area (Å²) in [5.74, 6) is 0. The lowest BCUT2D eigenvalue weighted by atomic mass is 9.80. The summed E-state index contributed by atoms with van der Waals surface area (Å²) < 4.78 is 9.35. The highest BCUT2D eigenvalue weighted by atomic mass is 15.1. The van der Waals surface area contributed by atoms with Crippen molar-refractivity contribution in [2.75, 3.05) is 0 Å². The van der Waals surface area contributed by atoms with Gasteiger partial charge in [0.1, 0.15) is 12.1 Å². The van der Waals surface area contributed by atoms with Crippen LogP contribution in [-0.2, 0) is 23.7 Å². The number of nitriles is 2. The van der Waals surface area contributed by atoms with Gasteiger partial charge >= 0.3 is 0 Å². The van der Waals surface area contributed by atoms with Crippen molar-refractivity contribution in [3.63, 3.8) is 0 Å². The first-order valence-electron chi connectivity index (χ1n) is 30.7. The minimum Gasteiger partial charge on any atom is -0.306 e. The van der Waals surface area contributed by atoms with E-state index in [4.69, 9.17) is 0 Å². The summed E-state index contributed by atoms with van der Waals surface area (Å²) in [6, 6.07) is 89.5. The molecule has 0 aliphatic carbocycles. The lowest BCUT2D eigenvalue weighted by Crippen LogP contribution is -2.17. The molecule has 4 aromatic heterocycles. The van der Waals surface area contributed by atoms with Crippen LogP contribution >= 0.6 is 0 Å². The van der Waals surface area contributed by atoms with Gasteiger partial charge in [-0.15, -0.1) is 0 Å². The van der Waals surface area contributed by atoms with Crippen molar-refractivity contribution in [2.24, 2.45) is 0 Å². The molecule has 0 bridgehead atoms. The molecule has 13 aromatic carbocycles. The third-order valence-electron chi connectivity index (χ3n) is 19.1. The minimum atomic E-state index is -0.0314. The lowest BCUT2D eigenvalue weighted by molar-refractivity contribution is 0.591. The fourth-order valence-electron chi connectivity index (χ4n) is 15.0. The molecule has 0 fully saturated rings. The molecular weight excluding hydrogens is 1070 g/mol. The normalized spacial score (nSPS) is 12.5. The number of benzene rings is 13. The van der Waals surface area contributed by atoms with Gasteiger partial charge in [0.05, 0.1) is 78.0 Å². The average molecular weight is 1130 g/mol. The molecule has 17 aromatic rings. The molecule has 0 unspecified atom stereocenters. The number of nitrogens with zero attached hydrogens (tertiary/aromatic N) is 6. The summed E-state index contributed by atoms with van der Waals surface area (Å²) in [5, 5.41) is 41.1. The molecule has 0 spiro atoms. The molecule has 0 aliphatic rings. The zero-order chi connectivity index (χ0) is 59.5. The van der Waals surface area contributed by atoms with Crippen molar-refractivity contribution in [3.05, 3.63) is 264 Å². The van der Waals surface area contributed by atoms with Crippen molar-refractivity contribution in [3.8, 4) is 34.9 Å². The van der Waals surface area contributed by atoms with Crippen LogP contribution in [0.5, 0.6) is 0 Å². The van der Waals surface area contributed by atoms with Gasteiger partial charge < -0.3 is 18.3 Å². The van der Waals surface area contributed by atoms with Crippen LogP contribution in [0, 0.1) is 22.7 Å². The van der Waals surface area contributed by atoms with E-state index in [1.54, 1.807) is 0 Å². The first kappa shape index (κ1) is 51.5. The van der Waals surface area contributed by atoms with Crippen LogP contribution in [-0.4, -0.2) is 18.3 Å². The molecule has 0 radical (unpaired) electrons. The summed E-state index contributed by atoms with van der Waals surface area (Å²) in [6.45, 7) is 13.9.